The summed E-state index contributed by atoms with van der Waals surface area (Å²) in [6.45, 7) is 7.89. The number of hydrogen-bond donors (Lipinski definition) is 2. The maximum atomic E-state index is 14.4. The van der Waals surface area contributed by atoms with Crippen LogP contribution in [-0.4, -0.2) is 40.7 Å². The fourth-order valence-corrected chi connectivity index (χ4v) is 6.05. The van der Waals surface area contributed by atoms with Gasteiger partial charge in [-0.05, 0) is 78.5 Å². The Morgan fingerprint density at radius 1 is 0.921 bits per heavy atom. The van der Waals surface area contributed by atoms with Crippen molar-refractivity contribution in [3.05, 3.63) is 83.4 Å². The molecule has 38 heavy (non-hydrogen) atoms. The number of rotatable bonds is 7. The van der Waals surface area contributed by atoms with Gasteiger partial charge in [-0.25, -0.2) is 0 Å². The van der Waals surface area contributed by atoms with E-state index in [4.69, 9.17) is 0 Å². The molecule has 1 saturated heterocycles. The molecule has 5 rings (SSSR count). The van der Waals surface area contributed by atoms with Crippen LogP contribution in [0.25, 0.3) is 10.8 Å². The molecule has 0 aromatic heterocycles. The van der Waals surface area contributed by atoms with Crippen LogP contribution in [-0.2, 0) is 27.2 Å². The maximum Gasteiger partial charge on any atom is 0.247 e. The highest BCUT2D eigenvalue weighted by molar-refractivity contribution is 6.00. The Morgan fingerprint density at radius 2 is 1.55 bits per heavy atom. The van der Waals surface area contributed by atoms with Gasteiger partial charge in [-0.1, -0.05) is 74.5 Å². The number of fused-ring (bicyclic) bond motifs is 2. The van der Waals surface area contributed by atoms with Gasteiger partial charge in [0.25, 0.3) is 0 Å². The molecule has 6 heteroatoms. The molecule has 2 N–H and O–H groups in total. The van der Waals surface area contributed by atoms with Crippen molar-refractivity contribution in [1.29, 1.82) is 0 Å². The summed E-state index contributed by atoms with van der Waals surface area (Å²) in [5.74, 6) is -0.497. The molecule has 0 bridgehead atoms. The Morgan fingerprint density at radius 3 is 2.18 bits per heavy atom. The maximum absolute atomic E-state index is 14.4. The van der Waals surface area contributed by atoms with E-state index in [2.05, 4.69) is 22.8 Å². The van der Waals surface area contributed by atoms with Gasteiger partial charge in [-0.2, -0.15) is 0 Å². The van der Waals surface area contributed by atoms with Gasteiger partial charge in [0.15, 0.2) is 0 Å². The first kappa shape index (κ1) is 26.0. The van der Waals surface area contributed by atoms with Crippen LogP contribution in [0.5, 0.6) is 0 Å². The van der Waals surface area contributed by atoms with Crippen molar-refractivity contribution < 1.29 is 14.4 Å². The first-order chi connectivity index (χ1) is 18.2. The lowest BCUT2D eigenvalue weighted by molar-refractivity contribution is -0.158. The fourth-order valence-electron chi connectivity index (χ4n) is 6.05. The van der Waals surface area contributed by atoms with E-state index in [1.54, 1.807) is 4.90 Å². The van der Waals surface area contributed by atoms with Gasteiger partial charge in [0.2, 0.25) is 17.7 Å². The van der Waals surface area contributed by atoms with E-state index < -0.39 is 18.1 Å². The van der Waals surface area contributed by atoms with Crippen LogP contribution in [0.4, 0.5) is 0 Å². The van der Waals surface area contributed by atoms with Gasteiger partial charge in [0.05, 0.1) is 0 Å². The highest BCUT2D eigenvalue weighted by Gasteiger charge is 2.49. The van der Waals surface area contributed by atoms with Crippen molar-refractivity contribution in [2.24, 2.45) is 11.8 Å². The summed E-state index contributed by atoms with van der Waals surface area (Å²) >= 11 is 0. The summed E-state index contributed by atoms with van der Waals surface area (Å²) in [5.41, 5.74) is 3.16. The number of hydrogen-bond acceptors (Lipinski definition) is 3. The second kappa shape index (κ2) is 10.6. The van der Waals surface area contributed by atoms with E-state index in [9.17, 15) is 14.4 Å². The minimum atomic E-state index is -0.907. The molecule has 1 heterocycles. The largest absolute Gasteiger partial charge is 0.352 e. The zero-order valence-corrected chi connectivity index (χ0v) is 22.6. The van der Waals surface area contributed by atoms with Crippen molar-refractivity contribution in [2.45, 2.75) is 71.1 Å². The average molecular weight is 512 g/mol. The standard InChI is InChI=1S/C32H37N3O3/c1-19(2)15-27-30(36)34-28(26-17-23-11-7-8-12-24(23)18-26)32(38)35(27)29(31(37)33-20(3)4)25-14-13-21-9-5-6-10-22(21)16-25/h5-14,16,19-20,26-29H,15,17-18H2,1-4H3,(H,33,37)(H,34,36)/t27-,28-,29-/m1/s1. The van der Waals surface area contributed by atoms with Crippen molar-refractivity contribution in [2.75, 3.05) is 0 Å². The summed E-state index contributed by atoms with van der Waals surface area (Å²) in [7, 11) is 0. The monoisotopic (exact) mass is 511 g/mol. The summed E-state index contributed by atoms with van der Waals surface area (Å²) < 4.78 is 0. The molecule has 6 nitrogen and oxygen atoms in total. The van der Waals surface area contributed by atoms with Crippen molar-refractivity contribution in [3.8, 4) is 0 Å². The molecule has 0 radical (unpaired) electrons. The number of carbonyl (C=O) groups is 3. The first-order valence-corrected chi connectivity index (χ1v) is 13.7. The second-order valence-corrected chi connectivity index (χ2v) is 11.5. The normalized spacial score (nSPS) is 20.6. The third-order valence-corrected chi connectivity index (χ3v) is 7.75. The highest BCUT2D eigenvalue weighted by atomic mass is 16.2. The molecule has 1 aliphatic carbocycles. The van der Waals surface area contributed by atoms with Gasteiger partial charge >= 0.3 is 0 Å². The Kier molecular flexibility index (Phi) is 7.24. The van der Waals surface area contributed by atoms with E-state index >= 15 is 0 Å². The molecular weight excluding hydrogens is 474 g/mol. The fraction of sp³-hybridized carbons (Fsp3) is 0.406. The van der Waals surface area contributed by atoms with Crippen LogP contribution < -0.4 is 10.6 Å². The number of benzene rings is 3. The number of nitrogens with zero attached hydrogens (tertiary/aromatic N) is 1. The minimum absolute atomic E-state index is 0.0447. The Labute approximate surface area is 224 Å². The van der Waals surface area contributed by atoms with Gasteiger partial charge in [0.1, 0.15) is 18.1 Å². The zero-order chi connectivity index (χ0) is 27.0. The van der Waals surface area contributed by atoms with Crippen molar-refractivity contribution in [3.63, 3.8) is 0 Å². The topological polar surface area (TPSA) is 78.5 Å². The highest BCUT2D eigenvalue weighted by Crippen LogP contribution is 2.36. The van der Waals surface area contributed by atoms with E-state index in [0.29, 0.717) is 12.0 Å². The molecular formula is C32H37N3O3. The molecule has 3 amide bonds. The van der Waals surface area contributed by atoms with E-state index in [0.717, 1.165) is 23.6 Å². The molecule has 0 spiro atoms. The first-order valence-electron chi connectivity index (χ1n) is 13.7. The summed E-state index contributed by atoms with van der Waals surface area (Å²) in [6.07, 6.45) is 1.94. The summed E-state index contributed by atoms with van der Waals surface area (Å²) in [4.78, 5) is 43.5. The van der Waals surface area contributed by atoms with Crippen LogP contribution in [0.15, 0.2) is 66.7 Å². The average Bonchev–Trinajstić information content (AvgIpc) is 3.31. The predicted octanol–water partition coefficient (Wildman–Crippen LogP) is 4.56. The number of piperazine rings is 1. The lowest BCUT2D eigenvalue weighted by Crippen LogP contribution is -2.67. The predicted molar refractivity (Wildman–Crippen MR) is 149 cm³/mol. The quantitative estimate of drug-likeness (QED) is 0.488. The van der Waals surface area contributed by atoms with Gasteiger partial charge in [0, 0.05) is 6.04 Å². The number of amides is 3. The molecule has 0 saturated carbocycles. The second-order valence-electron chi connectivity index (χ2n) is 11.5. The van der Waals surface area contributed by atoms with Crippen LogP contribution in [0.2, 0.25) is 0 Å². The SMILES string of the molecule is CC(C)C[C@@H]1C(=O)N[C@H](C2Cc3ccccc3C2)C(=O)N1[C@@H](C(=O)NC(C)C)c1ccc2ccccc2c1. The minimum Gasteiger partial charge on any atom is -0.352 e. The Hall–Kier alpha value is -3.67. The molecule has 3 aromatic rings. The van der Waals surface area contributed by atoms with Crippen LogP contribution in [0.1, 0.15) is 56.8 Å². The van der Waals surface area contributed by atoms with Gasteiger partial charge < -0.3 is 15.5 Å². The number of carbonyl (C=O) groups excluding carboxylic acids is 3. The zero-order valence-electron chi connectivity index (χ0n) is 22.6. The summed E-state index contributed by atoms with van der Waals surface area (Å²) in [5, 5.41) is 8.16. The van der Waals surface area contributed by atoms with Crippen LogP contribution in [0.3, 0.4) is 0 Å². The Bertz CT molecular complexity index is 1340. The van der Waals surface area contributed by atoms with E-state index in [1.807, 2.05) is 82.3 Å². The third kappa shape index (κ3) is 5.04. The molecule has 3 aromatic carbocycles. The lowest BCUT2D eigenvalue weighted by atomic mass is 9.87. The third-order valence-electron chi connectivity index (χ3n) is 7.75. The van der Waals surface area contributed by atoms with Crippen molar-refractivity contribution in [1.82, 2.24) is 15.5 Å². The van der Waals surface area contributed by atoms with E-state index in [-0.39, 0.29) is 35.6 Å². The molecule has 1 fully saturated rings. The lowest BCUT2D eigenvalue weighted by Gasteiger charge is -2.45. The molecule has 0 unspecified atom stereocenters. The van der Waals surface area contributed by atoms with Crippen LogP contribution >= 0.6 is 0 Å². The molecule has 3 atom stereocenters. The van der Waals surface area contributed by atoms with Gasteiger partial charge in [-0.15, -0.1) is 0 Å². The number of nitrogens with one attached hydrogen (secondary N) is 2. The Balaban J connectivity index is 1.58. The molecule has 2 aliphatic rings. The molecule has 1 aliphatic heterocycles. The van der Waals surface area contributed by atoms with Crippen molar-refractivity contribution >= 4 is 28.5 Å². The van der Waals surface area contributed by atoms with E-state index in [1.165, 1.54) is 11.1 Å². The summed E-state index contributed by atoms with van der Waals surface area (Å²) in [6, 6.07) is 19.7. The smallest absolute Gasteiger partial charge is 0.247 e. The van der Waals surface area contributed by atoms with Gasteiger partial charge in [-0.3, -0.25) is 14.4 Å². The molecule has 198 valence electrons. The van der Waals surface area contributed by atoms with Crippen LogP contribution in [0, 0.1) is 11.8 Å².